The molecule has 0 radical (unpaired) electrons. The number of fused-ring (bicyclic) bond motifs is 2. The molecule has 0 unspecified atom stereocenters. The van der Waals surface area contributed by atoms with Gasteiger partial charge in [0.1, 0.15) is 5.39 Å². The van der Waals surface area contributed by atoms with Gasteiger partial charge in [-0.1, -0.05) is 19.3 Å². The molecule has 1 aromatic carbocycles. The Balaban J connectivity index is 1.62. The van der Waals surface area contributed by atoms with Crippen molar-refractivity contribution in [1.29, 1.82) is 5.26 Å². The summed E-state index contributed by atoms with van der Waals surface area (Å²) < 4.78 is 28.4. The van der Waals surface area contributed by atoms with Crippen molar-refractivity contribution in [1.82, 2.24) is 19.5 Å². The highest BCUT2D eigenvalue weighted by atomic mass is 32.2. The molecule has 31 heavy (non-hydrogen) atoms. The van der Waals surface area contributed by atoms with Crippen LogP contribution in [-0.2, 0) is 22.1 Å². The first-order valence-corrected chi connectivity index (χ1v) is 11.8. The van der Waals surface area contributed by atoms with E-state index in [0.29, 0.717) is 34.4 Å². The van der Waals surface area contributed by atoms with Crippen molar-refractivity contribution in [2.75, 3.05) is 5.32 Å². The van der Waals surface area contributed by atoms with Gasteiger partial charge in [-0.3, -0.25) is 9.48 Å². The molecule has 0 spiro atoms. The molecule has 5 rings (SSSR count). The first kappa shape index (κ1) is 19.8. The van der Waals surface area contributed by atoms with Crippen LogP contribution in [0.3, 0.4) is 0 Å². The summed E-state index contributed by atoms with van der Waals surface area (Å²) in [5.41, 5.74) is 1.30. The average Bonchev–Trinajstić information content (AvgIpc) is 3.27. The summed E-state index contributed by atoms with van der Waals surface area (Å²) in [6, 6.07) is 9.11. The van der Waals surface area contributed by atoms with E-state index in [0.717, 1.165) is 32.1 Å². The summed E-state index contributed by atoms with van der Waals surface area (Å²) in [5, 5.41) is 17.9. The lowest BCUT2D eigenvalue weighted by Gasteiger charge is -2.36. The summed E-state index contributed by atoms with van der Waals surface area (Å²) in [6.45, 7) is 0.230. The third-order valence-electron chi connectivity index (χ3n) is 6.31. The zero-order chi connectivity index (χ0) is 21.6. The molecule has 1 aliphatic heterocycles. The van der Waals surface area contributed by atoms with E-state index in [2.05, 4.69) is 21.1 Å². The predicted octanol–water partition coefficient (Wildman–Crippen LogP) is 2.83. The number of nitrogens with zero attached hydrogens (tertiary/aromatic N) is 3. The van der Waals surface area contributed by atoms with Gasteiger partial charge in [0.15, 0.2) is 5.82 Å². The fourth-order valence-corrected chi connectivity index (χ4v) is 6.02. The summed E-state index contributed by atoms with van der Waals surface area (Å²) in [4.78, 5) is 15.7. The second-order valence-corrected chi connectivity index (χ2v) is 9.95. The number of hydrogen-bond donors (Lipinski definition) is 3. The number of aromatic nitrogens is 3. The van der Waals surface area contributed by atoms with Gasteiger partial charge in [0.2, 0.25) is 10.0 Å². The highest BCUT2D eigenvalue weighted by Gasteiger charge is 2.37. The maximum Gasteiger partial charge on any atom is 0.261 e. The van der Waals surface area contributed by atoms with Gasteiger partial charge in [-0.25, -0.2) is 13.1 Å². The van der Waals surface area contributed by atoms with Gasteiger partial charge in [0.25, 0.3) is 5.56 Å². The fraction of sp³-hybridized carbons (Fsp3) is 0.381. The first-order chi connectivity index (χ1) is 14.9. The highest BCUT2D eigenvalue weighted by molar-refractivity contribution is 7.89. The van der Waals surface area contributed by atoms with Crippen molar-refractivity contribution in [3.63, 3.8) is 0 Å². The summed E-state index contributed by atoms with van der Waals surface area (Å²) in [7, 11) is -3.44. The minimum absolute atomic E-state index is 0.230. The molecule has 1 aliphatic carbocycles. The van der Waals surface area contributed by atoms with Crippen LogP contribution in [-0.4, -0.2) is 23.2 Å². The van der Waals surface area contributed by atoms with Crippen LogP contribution in [0, 0.1) is 11.3 Å². The first-order valence-electron chi connectivity index (χ1n) is 10.3. The Hall–Kier alpha value is -3.16. The number of rotatable bonds is 4. The van der Waals surface area contributed by atoms with Crippen LogP contribution in [0.2, 0.25) is 0 Å². The normalized spacial score (nSPS) is 19.1. The number of sulfonamides is 1. The van der Waals surface area contributed by atoms with Gasteiger partial charge < -0.3 is 10.3 Å². The van der Waals surface area contributed by atoms with E-state index < -0.39 is 15.6 Å². The second-order valence-electron chi connectivity index (χ2n) is 8.22. The molecule has 0 bridgehead atoms. The third kappa shape index (κ3) is 3.21. The maximum atomic E-state index is 12.7. The Morgan fingerprint density at radius 2 is 2.03 bits per heavy atom. The molecule has 2 aliphatic rings. The van der Waals surface area contributed by atoms with Crippen LogP contribution in [0.5, 0.6) is 0 Å². The van der Waals surface area contributed by atoms with Crippen molar-refractivity contribution in [2.24, 2.45) is 0 Å². The van der Waals surface area contributed by atoms with Crippen LogP contribution < -0.4 is 15.6 Å². The van der Waals surface area contributed by atoms with E-state index >= 15 is 0 Å². The number of pyridine rings is 1. The second kappa shape index (κ2) is 7.21. The van der Waals surface area contributed by atoms with E-state index in [1.54, 1.807) is 24.4 Å². The van der Waals surface area contributed by atoms with Gasteiger partial charge >= 0.3 is 0 Å². The van der Waals surface area contributed by atoms with Crippen molar-refractivity contribution in [3.05, 3.63) is 46.4 Å². The largest absolute Gasteiger partial charge is 0.338 e. The molecule has 1 fully saturated rings. The molecule has 160 valence electrons. The van der Waals surface area contributed by atoms with E-state index in [-0.39, 0.29) is 17.0 Å². The molecule has 1 saturated carbocycles. The standard InChI is InChI=1S/C21H22N6O3S/c22-10-9-21(7-2-1-3-8-21)27-16-6-11-23-20(28)18(16)19(26-27)25-15-4-5-17-14(12-15)13-24-31(17,29)30/h4-6,11-12,24H,1-3,7-9,13H2,(H,23,28)(H,25,26). The molecule has 0 saturated heterocycles. The Morgan fingerprint density at radius 3 is 2.81 bits per heavy atom. The minimum atomic E-state index is -3.44. The number of benzene rings is 1. The molecule has 2 aromatic heterocycles. The lowest BCUT2D eigenvalue weighted by Crippen LogP contribution is -2.36. The molecule has 3 heterocycles. The molecular formula is C21H22N6O3S. The van der Waals surface area contributed by atoms with Gasteiger partial charge in [-0.2, -0.15) is 10.4 Å². The van der Waals surface area contributed by atoms with E-state index in [9.17, 15) is 18.5 Å². The SMILES string of the molecule is N#CCC1(n2nc(Nc3ccc4c(c3)CNS4(=O)=O)c3c(=O)[nH]ccc32)CCCCC1. The van der Waals surface area contributed by atoms with Crippen LogP contribution in [0.25, 0.3) is 10.9 Å². The van der Waals surface area contributed by atoms with Gasteiger partial charge in [0, 0.05) is 18.4 Å². The zero-order valence-corrected chi connectivity index (χ0v) is 17.6. The Morgan fingerprint density at radius 1 is 1.23 bits per heavy atom. The van der Waals surface area contributed by atoms with Crippen molar-refractivity contribution in [2.45, 2.75) is 55.5 Å². The van der Waals surface area contributed by atoms with Gasteiger partial charge in [-0.05, 0) is 42.7 Å². The highest BCUT2D eigenvalue weighted by Crippen LogP contribution is 2.40. The van der Waals surface area contributed by atoms with Gasteiger partial charge in [0.05, 0.1) is 28.4 Å². The molecule has 10 heteroatoms. The quantitative estimate of drug-likeness (QED) is 0.574. The monoisotopic (exact) mass is 438 g/mol. The average molecular weight is 439 g/mol. The van der Waals surface area contributed by atoms with Crippen molar-refractivity contribution < 1.29 is 8.42 Å². The Bertz CT molecular complexity index is 1380. The number of aromatic amines is 1. The molecular weight excluding hydrogens is 416 g/mol. The molecule has 3 N–H and O–H groups in total. The number of nitriles is 1. The van der Waals surface area contributed by atoms with E-state index in [1.807, 2.05) is 10.7 Å². The summed E-state index contributed by atoms with van der Waals surface area (Å²) >= 11 is 0. The third-order valence-corrected chi connectivity index (χ3v) is 7.81. The van der Waals surface area contributed by atoms with Crippen molar-refractivity contribution in [3.8, 4) is 6.07 Å². The summed E-state index contributed by atoms with van der Waals surface area (Å²) in [5.74, 6) is 0.397. The lowest BCUT2D eigenvalue weighted by atomic mass is 9.79. The smallest absolute Gasteiger partial charge is 0.261 e. The van der Waals surface area contributed by atoms with Crippen molar-refractivity contribution >= 4 is 32.4 Å². The van der Waals surface area contributed by atoms with Crippen LogP contribution in [0.15, 0.2) is 40.2 Å². The summed E-state index contributed by atoms with van der Waals surface area (Å²) in [6.07, 6.45) is 6.77. The fourth-order valence-electron chi connectivity index (χ4n) is 4.79. The number of nitrogens with one attached hydrogen (secondary N) is 3. The topological polar surface area (TPSA) is 133 Å². The van der Waals surface area contributed by atoms with Crippen LogP contribution >= 0.6 is 0 Å². The predicted molar refractivity (Wildman–Crippen MR) is 115 cm³/mol. The van der Waals surface area contributed by atoms with Gasteiger partial charge in [-0.15, -0.1) is 0 Å². The Kier molecular flexibility index (Phi) is 4.60. The molecule has 9 nitrogen and oxygen atoms in total. The van der Waals surface area contributed by atoms with E-state index in [1.165, 1.54) is 0 Å². The molecule has 3 aromatic rings. The number of hydrogen-bond acceptors (Lipinski definition) is 6. The maximum absolute atomic E-state index is 12.7. The zero-order valence-electron chi connectivity index (χ0n) is 16.8. The molecule has 0 amide bonds. The molecule has 0 atom stereocenters. The van der Waals surface area contributed by atoms with E-state index in [4.69, 9.17) is 5.10 Å². The number of anilines is 2. The lowest BCUT2D eigenvalue weighted by molar-refractivity contribution is 0.185. The van der Waals surface area contributed by atoms with Crippen LogP contribution in [0.1, 0.15) is 44.1 Å². The Labute approximate surface area is 179 Å². The number of H-pyrrole nitrogens is 1. The minimum Gasteiger partial charge on any atom is -0.338 e. The van der Waals surface area contributed by atoms with Crippen LogP contribution in [0.4, 0.5) is 11.5 Å².